The summed E-state index contributed by atoms with van der Waals surface area (Å²) in [4.78, 5) is 21.2. The van der Waals surface area contributed by atoms with Crippen LogP contribution in [0.1, 0.15) is 42.5 Å². The average Bonchev–Trinajstić information content (AvgIpc) is 2.85. The second-order valence-electron chi connectivity index (χ2n) is 7.69. The van der Waals surface area contributed by atoms with Crippen LogP contribution in [0.3, 0.4) is 0 Å². The molecule has 0 atom stereocenters. The summed E-state index contributed by atoms with van der Waals surface area (Å²) in [5, 5.41) is 3.03. The van der Waals surface area contributed by atoms with Crippen LogP contribution >= 0.6 is 0 Å². The molecule has 0 radical (unpaired) electrons. The number of carbonyl (C=O) groups excluding carboxylic acids is 1. The normalized spacial score (nSPS) is 13.2. The largest absolute Gasteiger partial charge is 0.493 e. The van der Waals surface area contributed by atoms with Crippen LogP contribution in [0.25, 0.3) is 11.3 Å². The summed E-state index contributed by atoms with van der Waals surface area (Å²) in [5.74, 6) is 1.51. The molecule has 0 bridgehead atoms. The maximum atomic E-state index is 12.6. The van der Waals surface area contributed by atoms with E-state index in [0.29, 0.717) is 35.2 Å². The molecule has 2 aromatic carbocycles. The van der Waals surface area contributed by atoms with Gasteiger partial charge in [0.2, 0.25) is 5.88 Å². The van der Waals surface area contributed by atoms with Crippen LogP contribution < -0.4 is 14.8 Å². The molecular weight excluding hydrogens is 402 g/mol. The van der Waals surface area contributed by atoms with Crippen LogP contribution in [-0.4, -0.2) is 29.5 Å². The Kier molecular flexibility index (Phi) is 7.12. The van der Waals surface area contributed by atoms with Crippen molar-refractivity contribution in [2.24, 2.45) is 0 Å². The van der Waals surface area contributed by atoms with Crippen molar-refractivity contribution in [3.05, 3.63) is 78.1 Å². The highest BCUT2D eigenvalue weighted by Crippen LogP contribution is 2.31. The van der Waals surface area contributed by atoms with Gasteiger partial charge >= 0.3 is 0 Å². The Bertz CT molecular complexity index is 1110. The molecule has 0 fully saturated rings. The number of allylic oxidation sites excluding steroid dienone is 1. The molecular formula is C26H27N3O3. The standard InChI is InChI=1S/C26H27N3O3/c1-31-23-12-5-6-13-24(23)32-25-17-22(28-18-29-25)20-10-7-11-21(16-20)26(30)27-15-14-19-8-3-2-4-9-19/h5-8,10-13,16-18H,2-4,9,14-15H2,1H3,(H,27,30). The number of methoxy groups -OCH3 is 1. The third kappa shape index (κ3) is 5.52. The molecule has 0 aliphatic heterocycles. The fourth-order valence-electron chi connectivity index (χ4n) is 3.76. The van der Waals surface area contributed by atoms with E-state index in [1.54, 1.807) is 13.2 Å². The second kappa shape index (κ2) is 10.6. The van der Waals surface area contributed by atoms with Crippen molar-refractivity contribution in [2.45, 2.75) is 32.1 Å². The van der Waals surface area contributed by atoms with Crippen LogP contribution in [-0.2, 0) is 0 Å². The molecule has 0 unspecified atom stereocenters. The molecule has 6 nitrogen and oxygen atoms in total. The topological polar surface area (TPSA) is 73.3 Å². The van der Waals surface area contributed by atoms with E-state index in [1.165, 1.54) is 24.7 Å². The van der Waals surface area contributed by atoms with Gasteiger partial charge in [-0.15, -0.1) is 0 Å². The van der Waals surface area contributed by atoms with Gasteiger partial charge in [0.25, 0.3) is 5.91 Å². The van der Waals surface area contributed by atoms with E-state index in [9.17, 15) is 4.79 Å². The summed E-state index contributed by atoms with van der Waals surface area (Å²) in [7, 11) is 1.59. The van der Waals surface area contributed by atoms with Gasteiger partial charge in [0.1, 0.15) is 6.33 Å². The van der Waals surface area contributed by atoms with Crippen molar-refractivity contribution in [1.82, 2.24) is 15.3 Å². The molecule has 0 saturated heterocycles. The second-order valence-corrected chi connectivity index (χ2v) is 7.69. The van der Waals surface area contributed by atoms with Crippen molar-refractivity contribution in [1.29, 1.82) is 0 Å². The van der Waals surface area contributed by atoms with Gasteiger partial charge in [-0.25, -0.2) is 9.97 Å². The Morgan fingerprint density at radius 1 is 1.03 bits per heavy atom. The monoisotopic (exact) mass is 429 g/mol. The molecule has 1 aliphatic rings. The molecule has 1 amide bonds. The molecule has 6 heteroatoms. The number of hydrogen-bond donors (Lipinski definition) is 1. The Labute approximate surface area is 188 Å². The van der Waals surface area contributed by atoms with Gasteiger partial charge in [-0.3, -0.25) is 4.79 Å². The molecule has 1 N–H and O–H groups in total. The minimum atomic E-state index is -0.0807. The molecule has 4 rings (SSSR count). The SMILES string of the molecule is COc1ccccc1Oc1cc(-c2cccc(C(=O)NCCC3=CCCCC3)c2)ncn1. The van der Waals surface area contributed by atoms with Gasteiger partial charge in [0.05, 0.1) is 12.8 Å². The maximum absolute atomic E-state index is 12.6. The molecule has 32 heavy (non-hydrogen) atoms. The van der Waals surface area contributed by atoms with E-state index in [0.717, 1.165) is 24.8 Å². The molecule has 1 aromatic heterocycles. The average molecular weight is 430 g/mol. The van der Waals surface area contributed by atoms with Crippen LogP contribution in [0.4, 0.5) is 0 Å². The number of nitrogens with one attached hydrogen (secondary N) is 1. The Balaban J connectivity index is 1.44. The highest BCUT2D eigenvalue weighted by atomic mass is 16.5. The van der Waals surface area contributed by atoms with Crippen LogP contribution in [0.2, 0.25) is 0 Å². The summed E-state index contributed by atoms with van der Waals surface area (Å²) in [6.07, 6.45) is 9.52. The fourth-order valence-corrected chi connectivity index (χ4v) is 3.76. The summed E-state index contributed by atoms with van der Waals surface area (Å²) < 4.78 is 11.2. The third-order valence-corrected chi connectivity index (χ3v) is 5.46. The smallest absolute Gasteiger partial charge is 0.251 e. The molecule has 0 spiro atoms. The quantitative estimate of drug-likeness (QED) is 0.474. The molecule has 1 aliphatic carbocycles. The lowest BCUT2D eigenvalue weighted by Crippen LogP contribution is -2.24. The lowest BCUT2D eigenvalue weighted by atomic mass is 9.97. The minimum absolute atomic E-state index is 0.0807. The van der Waals surface area contributed by atoms with Crippen molar-refractivity contribution in [3.8, 4) is 28.6 Å². The zero-order valence-corrected chi connectivity index (χ0v) is 18.2. The summed E-state index contributed by atoms with van der Waals surface area (Å²) in [6, 6.07) is 16.6. The van der Waals surface area contributed by atoms with Crippen molar-refractivity contribution >= 4 is 5.91 Å². The lowest BCUT2D eigenvalue weighted by Gasteiger charge is -2.13. The van der Waals surface area contributed by atoms with E-state index in [-0.39, 0.29) is 5.91 Å². The van der Waals surface area contributed by atoms with Crippen molar-refractivity contribution in [3.63, 3.8) is 0 Å². The summed E-state index contributed by atoms with van der Waals surface area (Å²) >= 11 is 0. The van der Waals surface area contributed by atoms with E-state index in [4.69, 9.17) is 9.47 Å². The third-order valence-electron chi connectivity index (χ3n) is 5.46. The van der Waals surface area contributed by atoms with Gasteiger partial charge in [-0.2, -0.15) is 0 Å². The Morgan fingerprint density at radius 2 is 1.91 bits per heavy atom. The molecule has 0 saturated carbocycles. The van der Waals surface area contributed by atoms with E-state index >= 15 is 0 Å². The van der Waals surface area contributed by atoms with Crippen LogP contribution in [0.15, 0.2) is 72.6 Å². The number of para-hydroxylation sites is 2. The minimum Gasteiger partial charge on any atom is -0.493 e. The summed E-state index contributed by atoms with van der Waals surface area (Å²) in [5.41, 5.74) is 3.55. The first-order chi connectivity index (χ1) is 15.7. The number of ether oxygens (including phenoxy) is 2. The maximum Gasteiger partial charge on any atom is 0.251 e. The zero-order chi connectivity index (χ0) is 22.2. The predicted octanol–water partition coefficient (Wildman–Crippen LogP) is 5.56. The Morgan fingerprint density at radius 3 is 2.72 bits per heavy atom. The lowest BCUT2D eigenvalue weighted by molar-refractivity contribution is 0.0954. The zero-order valence-electron chi connectivity index (χ0n) is 18.2. The predicted molar refractivity (Wildman–Crippen MR) is 124 cm³/mol. The van der Waals surface area contributed by atoms with Crippen molar-refractivity contribution in [2.75, 3.05) is 13.7 Å². The number of rotatable bonds is 8. The fraction of sp³-hybridized carbons (Fsp3) is 0.269. The molecule has 164 valence electrons. The van der Waals surface area contributed by atoms with Gasteiger partial charge in [0, 0.05) is 23.7 Å². The number of nitrogens with zero attached hydrogens (tertiary/aromatic N) is 2. The van der Waals surface area contributed by atoms with E-state index < -0.39 is 0 Å². The van der Waals surface area contributed by atoms with Crippen LogP contribution in [0, 0.1) is 0 Å². The van der Waals surface area contributed by atoms with E-state index in [1.807, 2.05) is 48.5 Å². The highest BCUT2D eigenvalue weighted by molar-refractivity contribution is 5.95. The first-order valence-electron chi connectivity index (χ1n) is 10.9. The van der Waals surface area contributed by atoms with Gasteiger partial charge in [0.15, 0.2) is 11.5 Å². The number of carbonyl (C=O) groups is 1. The number of aromatic nitrogens is 2. The van der Waals surface area contributed by atoms with Crippen LogP contribution in [0.5, 0.6) is 17.4 Å². The van der Waals surface area contributed by atoms with E-state index in [2.05, 4.69) is 21.4 Å². The van der Waals surface area contributed by atoms with Gasteiger partial charge < -0.3 is 14.8 Å². The molecule has 3 aromatic rings. The Hall–Kier alpha value is -3.67. The summed E-state index contributed by atoms with van der Waals surface area (Å²) in [6.45, 7) is 0.652. The highest BCUT2D eigenvalue weighted by Gasteiger charge is 2.11. The number of hydrogen-bond acceptors (Lipinski definition) is 5. The first-order valence-corrected chi connectivity index (χ1v) is 10.9. The molecule has 1 heterocycles. The number of benzene rings is 2. The number of amides is 1. The first kappa shape index (κ1) is 21.6. The van der Waals surface area contributed by atoms with Gasteiger partial charge in [-0.1, -0.05) is 35.9 Å². The van der Waals surface area contributed by atoms with Gasteiger partial charge in [-0.05, 0) is 56.4 Å². The van der Waals surface area contributed by atoms with Crippen molar-refractivity contribution < 1.29 is 14.3 Å².